The van der Waals surface area contributed by atoms with Crippen LogP contribution in [0.5, 0.6) is 0 Å². The van der Waals surface area contributed by atoms with Crippen LogP contribution in [0.25, 0.3) is 0 Å². The Hall–Kier alpha value is 0.190. The van der Waals surface area contributed by atoms with E-state index in [-0.39, 0.29) is 6.10 Å². The number of rotatable bonds is 9. The summed E-state index contributed by atoms with van der Waals surface area (Å²) in [7, 11) is 1.66. The lowest BCUT2D eigenvalue weighted by Crippen LogP contribution is -2.20. The van der Waals surface area contributed by atoms with Gasteiger partial charge in [0.25, 0.3) is 0 Å². The van der Waals surface area contributed by atoms with E-state index < -0.39 is 0 Å². The van der Waals surface area contributed by atoms with E-state index in [2.05, 4.69) is 0 Å². The summed E-state index contributed by atoms with van der Waals surface area (Å²) in [5.41, 5.74) is 0. The third-order valence-electron chi connectivity index (χ3n) is 2.60. The molecule has 0 spiro atoms. The summed E-state index contributed by atoms with van der Waals surface area (Å²) in [6.07, 6.45) is 0.818. The molecule has 4 nitrogen and oxygen atoms in total. The van der Waals surface area contributed by atoms with Gasteiger partial charge in [0.05, 0.1) is 32.5 Å². The van der Waals surface area contributed by atoms with Crippen molar-refractivity contribution in [2.24, 2.45) is 5.92 Å². The van der Waals surface area contributed by atoms with Crippen molar-refractivity contribution in [1.82, 2.24) is 0 Å². The van der Waals surface area contributed by atoms with Crippen molar-refractivity contribution in [3.05, 3.63) is 0 Å². The fraction of sp³-hybridized carbons (Fsp3) is 1.00. The van der Waals surface area contributed by atoms with E-state index in [1.165, 1.54) is 0 Å². The second kappa shape index (κ2) is 9.24. The highest BCUT2D eigenvalue weighted by atomic mass is 32.2. The molecule has 1 aliphatic heterocycles. The smallest absolute Gasteiger partial charge is 0.0701 e. The fourth-order valence-electron chi connectivity index (χ4n) is 1.56. The van der Waals surface area contributed by atoms with Crippen LogP contribution in [0.2, 0.25) is 0 Å². The van der Waals surface area contributed by atoms with Gasteiger partial charge < -0.3 is 19.3 Å². The molecule has 1 heterocycles. The highest BCUT2D eigenvalue weighted by Gasteiger charge is 2.24. The van der Waals surface area contributed by atoms with Crippen molar-refractivity contribution in [1.29, 1.82) is 0 Å². The van der Waals surface area contributed by atoms with E-state index in [1.54, 1.807) is 7.11 Å². The lowest BCUT2D eigenvalue weighted by molar-refractivity contribution is 0.0185. The Morgan fingerprint density at radius 2 is 1.75 bits per heavy atom. The van der Waals surface area contributed by atoms with Gasteiger partial charge in [-0.3, -0.25) is 0 Å². The maximum Gasteiger partial charge on any atom is 0.0701 e. The zero-order valence-electron chi connectivity index (χ0n) is 9.89. The molecule has 96 valence electrons. The van der Waals surface area contributed by atoms with Crippen LogP contribution in [0.1, 0.15) is 6.42 Å². The predicted octanol–water partition coefficient (Wildman–Crippen LogP) is 0.780. The van der Waals surface area contributed by atoms with Crippen molar-refractivity contribution >= 4 is 11.8 Å². The van der Waals surface area contributed by atoms with E-state index in [9.17, 15) is 5.11 Å². The summed E-state index contributed by atoms with van der Waals surface area (Å²) in [5.74, 6) is 2.36. The van der Waals surface area contributed by atoms with E-state index in [0.717, 1.165) is 24.5 Å². The largest absolute Gasteiger partial charge is 0.392 e. The third kappa shape index (κ3) is 6.06. The maximum absolute atomic E-state index is 9.57. The molecule has 2 unspecified atom stereocenters. The molecule has 2 atom stereocenters. The summed E-state index contributed by atoms with van der Waals surface area (Å²) in [6.45, 7) is 3.21. The molecular formula is C11H22O4S. The minimum absolute atomic E-state index is 0.133. The van der Waals surface area contributed by atoms with E-state index in [4.69, 9.17) is 14.2 Å². The van der Waals surface area contributed by atoms with Crippen LogP contribution in [-0.4, -0.2) is 62.9 Å². The van der Waals surface area contributed by atoms with Crippen LogP contribution >= 0.6 is 11.8 Å². The van der Waals surface area contributed by atoms with Gasteiger partial charge >= 0.3 is 0 Å². The molecule has 16 heavy (non-hydrogen) atoms. The maximum atomic E-state index is 9.57. The molecule has 0 aromatic rings. The first-order chi connectivity index (χ1) is 7.84. The van der Waals surface area contributed by atoms with Gasteiger partial charge in [0.15, 0.2) is 0 Å². The fourth-order valence-corrected chi connectivity index (χ4v) is 2.90. The van der Waals surface area contributed by atoms with Gasteiger partial charge in [0, 0.05) is 19.5 Å². The van der Waals surface area contributed by atoms with Crippen molar-refractivity contribution in [2.45, 2.75) is 12.5 Å². The van der Waals surface area contributed by atoms with Gasteiger partial charge in [-0.2, -0.15) is 11.8 Å². The van der Waals surface area contributed by atoms with Crippen molar-refractivity contribution in [3.63, 3.8) is 0 Å². The Morgan fingerprint density at radius 1 is 1.06 bits per heavy atom. The SMILES string of the molecule is COCCOCCOCCC1CSCC1O. The zero-order chi connectivity index (χ0) is 11.6. The molecule has 1 saturated heterocycles. The second-order valence-corrected chi connectivity index (χ2v) is 4.95. The Morgan fingerprint density at radius 3 is 2.38 bits per heavy atom. The summed E-state index contributed by atoms with van der Waals surface area (Å²) < 4.78 is 15.6. The number of hydrogen-bond donors (Lipinski definition) is 1. The van der Waals surface area contributed by atoms with Crippen LogP contribution in [0, 0.1) is 5.92 Å². The van der Waals surface area contributed by atoms with Crippen LogP contribution in [0.15, 0.2) is 0 Å². The Labute approximate surface area is 102 Å². The topological polar surface area (TPSA) is 47.9 Å². The van der Waals surface area contributed by atoms with E-state index in [1.807, 2.05) is 11.8 Å². The molecule has 0 bridgehead atoms. The van der Waals surface area contributed by atoms with Crippen LogP contribution < -0.4 is 0 Å². The number of methoxy groups -OCH3 is 1. The molecule has 1 N–H and O–H groups in total. The predicted molar refractivity (Wildman–Crippen MR) is 65.0 cm³/mol. The summed E-state index contributed by atoms with van der Waals surface area (Å²) >= 11 is 1.82. The second-order valence-electron chi connectivity index (χ2n) is 3.87. The molecule has 0 saturated carbocycles. The van der Waals surface area contributed by atoms with Crippen molar-refractivity contribution < 1.29 is 19.3 Å². The van der Waals surface area contributed by atoms with Gasteiger partial charge in [-0.1, -0.05) is 0 Å². The van der Waals surface area contributed by atoms with Gasteiger partial charge in [-0.05, 0) is 18.1 Å². The summed E-state index contributed by atoms with van der Waals surface area (Å²) in [5, 5.41) is 9.57. The first kappa shape index (κ1) is 14.3. The lowest BCUT2D eigenvalue weighted by Gasteiger charge is -2.13. The molecule has 0 aliphatic carbocycles. The molecule has 5 heteroatoms. The van der Waals surface area contributed by atoms with Crippen molar-refractivity contribution in [2.75, 3.05) is 51.6 Å². The molecule has 1 aliphatic rings. The number of aliphatic hydroxyl groups is 1. The van der Waals surface area contributed by atoms with Crippen LogP contribution in [-0.2, 0) is 14.2 Å². The summed E-state index contributed by atoms with van der Waals surface area (Å²) in [6, 6.07) is 0. The standard InChI is InChI=1S/C11H22O4S/c1-13-4-5-15-7-6-14-3-2-10-8-16-9-11(10)12/h10-12H,2-9H2,1H3. The van der Waals surface area contributed by atoms with Crippen molar-refractivity contribution in [3.8, 4) is 0 Å². The quantitative estimate of drug-likeness (QED) is 0.613. The molecular weight excluding hydrogens is 228 g/mol. The Kier molecular flexibility index (Phi) is 8.23. The summed E-state index contributed by atoms with van der Waals surface area (Å²) in [4.78, 5) is 0. The molecule has 0 aromatic heterocycles. The number of hydrogen-bond acceptors (Lipinski definition) is 5. The average Bonchev–Trinajstić information content (AvgIpc) is 2.68. The highest BCUT2D eigenvalue weighted by molar-refractivity contribution is 7.99. The molecule has 0 radical (unpaired) electrons. The molecule has 0 amide bonds. The Balaban J connectivity index is 1.81. The van der Waals surface area contributed by atoms with Gasteiger partial charge in [-0.15, -0.1) is 0 Å². The first-order valence-electron chi connectivity index (χ1n) is 5.75. The number of thioether (sulfide) groups is 1. The van der Waals surface area contributed by atoms with E-state index >= 15 is 0 Å². The highest BCUT2D eigenvalue weighted by Crippen LogP contribution is 2.26. The van der Waals surface area contributed by atoms with Crippen LogP contribution in [0.4, 0.5) is 0 Å². The van der Waals surface area contributed by atoms with E-state index in [0.29, 0.717) is 32.3 Å². The molecule has 0 aromatic carbocycles. The molecule has 1 rings (SSSR count). The average molecular weight is 250 g/mol. The zero-order valence-corrected chi connectivity index (χ0v) is 10.7. The van der Waals surface area contributed by atoms with Crippen LogP contribution in [0.3, 0.4) is 0 Å². The number of ether oxygens (including phenoxy) is 3. The monoisotopic (exact) mass is 250 g/mol. The van der Waals surface area contributed by atoms with Gasteiger partial charge in [-0.25, -0.2) is 0 Å². The minimum atomic E-state index is -0.133. The van der Waals surface area contributed by atoms with Gasteiger partial charge in [0.2, 0.25) is 0 Å². The Bertz CT molecular complexity index is 168. The van der Waals surface area contributed by atoms with Gasteiger partial charge in [0.1, 0.15) is 0 Å². The normalized spacial score (nSPS) is 25.1. The lowest BCUT2D eigenvalue weighted by atomic mass is 10.0. The first-order valence-corrected chi connectivity index (χ1v) is 6.90. The molecule has 1 fully saturated rings. The third-order valence-corrected chi connectivity index (χ3v) is 3.84. The minimum Gasteiger partial charge on any atom is -0.392 e. The number of aliphatic hydroxyl groups excluding tert-OH is 1.